The number of nitrogens with zero attached hydrogens (tertiary/aromatic N) is 1. The number of rotatable bonds is 4. The van der Waals surface area contributed by atoms with Crippen LogP contribution in [0.15, 0.2) is 18.2 Å². The number of hydrogen-bond acceptors (Lipinski definition) is 2. The van der Waals surface area contributed by atoms with E-state index < -0.39 is 17.5 Å². The second kappa shape index (κ2) is 7.38. The van der Waals surface area contributed by atoms with Crippen LogP contribution in [-0.4, -0.2) is 36.5 Å². The number of nitrogens with one attached hydrogen (secondary N) is 1. The van der Waals surface area contributed by atoms with Gasteiger partial charge in [-0.05, 0) is 56.3 Å². The van der Waals surface area contributed by atoms with Crippen LogP contribution in [0.4, 0.5) is 8.78 Å². The zero-order valence-electron chi connectivity index (χ0n) is 12.4. The predicted octanol–water partition coefficient (Wildman–Crippen LogP) is 2.99. The van der Waals surface area contributed by atoms with Gasteiger partial charge in [0.05, 0.1) is 5.56 Å². The molecule has 1 aliphatic carbocycles. The number of amides is 1. The van der Waals surface area contributed by atoms with E-state index in [-0.39, 0.29) is 18.0 Å². The van der Waals surface area contributed by atoms with Gasteiger partial charge in [-0.1, -0.05) is 0 Å². The summed E-state index contributed by atoms with van der Waals surface area (Å²) in [7, 11) is 0. The summed E-state index contributed by atoms with van der Waals surface area (Å²) < 4.78 is 26.8. The van der Waals surface area contributed by atoms with Gasteiger partial charge in [0.1, 0.15) is 11.6 Å². The highest BCUT2D eigenvalue weighted by Crippen LogP contribution is 2.28. The first-order chi connectivity index (χ1) is 10.1. The van der Waals surface area contributed by atoms with Crippen molar-refractivity contribution in [3.8, 4) is 0 Å². The first-order valence-corrected chi connectivity index (χ1v) is 7.61. The van der Waals surface area contributed by atoms with E-state index in [1.54, 1.807) is 4.90 Å². The van der Waals surface area contributed by atoms with E-state index in [9.17, 15) is 13.6 Å². The molecule has 0 aromatic heterocycles. The lowest BCUT2D eigenvalue weighted by atomic mass is 10.0. The van der Waals surface area contributed by atoms with Crippen molar-refractivity contribution < 1.29 is 13.6 Å². The lowest BCUT2D eigenvalue weighted by Crippen LogP contribution is -2.45. The normalized spacial score (nSPS) is 18.9. The van der Waals surface area contributed by atoms with E-state index >= 15 is 0 Å². The molecule has 2 fully saturated rings. The van der Waals surface area contributed by atoms with Crippen LogP contribution in [-0.2, 0) is 0 Å². The highest BCUT2D eigenvalue weighted by molar-refractivity contribution is 5.94. The van der Waals surface area contributed by atoms with Crippen LogP contribution >= 0.6 is 12.4 Å². The molecule has 1 N–H and O–H groups in total. The molecule has 0 unspecified atom stereocenters. The third-order valence-corrected chi connectivity index (χ3v) is 4.33. The SMILES string of the molecule is Cl.O=C(c1cc(F)ccc1F)N1CCC(NCC2CC2)CC1. The summed E-state index contributed by atoms with van der Waals surface area (Å²) in [5, 5.41) is 3.53. The number of hydrogen-bond donors (Lipinski definition) is 1. The van der Waals surface area contributed by atoms with Crippen LogP contribution in [0.5, 0.6) is 0 Å². The minimum Gasteiger partial charge on any atom is -0.338 e. The van der Waals surface area contributed by atoms with Gasteiger partial charge in [0.15, 0.2) is 0 Å². The summed E-state index contributed by atoms with van der Waals surface area (Å²) >= 11 is 0. The standard InChI is InChI=1S/C16H20F2N2O.ClH/c17-12-3-4-15(18)14(9-12)16(21)20-7-5-13(6-8-20)19-10-11-1-2-11;/h3-4,9,11,13,19H,1-2,5-8,10H2;1H. The average molecular weight is 331 g/mol. The number of likely N-dealkylation sites (tertiary alicyclic amines) is 1. The second-order valence-corrected chi connectivity index (χ2v) is 6.04. The summed E-state index contributed by atoms with van der Waals surface area (Å²) in [5.41, 5.74) is -0.167. The van der Waals surface area contributed by atoms with E-state index in [1.165, 1.54) is 12.8 Å². The molecule has 1 amide bonds. The minimum atomic E-state index is -0.657. The Balaban J connectivity index is 0.00000176. The number of carbonyl (C=O) groups excluding carboxylic acids is 1. The highest BCUT2D eigenvalue weighted by Gasteiger charge is 2.27. The summed E-state index contributed by atoms with van der Waals surface area (Å²) in [6.45, 7) is 2.26. The fraction of sp³-hybridized carbons (Fsp3) is 0.562. The maximum absolute atomic E-state index is 13.6. The van der Waals surface area contributed by atoms with Crippen LogP contribution in [0.25, 0.3) is 0 Å². The van der Waals surface area contributed by atoms with Crippen molar-refractivity contribution in [3.63, 3.8) is 0 Å². The molecule has 1 saturated heterocycles. The molecule has 3 nitrogen and oxygen atoms in total. The summed E-state index contributed by atoms with van der Waals surface area (Å²) in [5.74, 6) is -0.810. The molecule has 1 heterocycles. The highest BCUT2D eigenvalue weighted by atomic mass is 35.5. The second-order valence-electron chi connectivity index (χ2n) is 6.04. The fourth-order valence-corrected chi connectivity index (χ4v) is 2.77. The quantitative estimate of drug-likeness (QED) is 0.920. The van der Waals surface area contributed by atoms with Crippen molar-refractivity contribution in [1.82, 2.24) is 10.2 Å². The van der Waals surface area contributed by atoms with Crippen LogP contribution < -0.4 is 5.32 Å². The molecule has 0 atom stereocenters. The van der Waals surface area contributed by atoms with E-state index in [0.717, 1.165) is 43.5 Å². The van der Waals surface area contributed by atoms with Gasteiger partial charge < -0.3 is 10.2 Å². The van der Waals surface area contributed by atoms with Crippen LogP contribution in [0.2, 0.25) is 0 Å². The summed E-state index contributed by atoms with van der Waals surface area (Å²) in [6.07, 6.45) is 4.39. The Kier molecular flexibility index (Phi) is 5.75. The zero-order chi connectivity index (χ0) is 14.8. The molecule has 0 spiro atoms. The zero-order valence-corrected chi connectivity index (χ0v) is 13.2. The largest absolute Gasteiger partial charge is 0.338 e. The van der Waals surface area contributed by atoms with Gasteiger partial charge >= 0.3 is 0 Å². The Morgan fingerprint density at radius 1 is 1.18 bits per heavy atom. The molecule has 0 bridgehead atoms. The Morgan fingerprint density at radius 3 is 2.50 bits per heavy atom. The molecule has 6 heteroatoms. The Morgan fingerprint density at radius 2 is 1.86 bits per heavy atom. The lowest BCUT2D eigenvalue weighted by molar-refractivity contribution is 0.0699. The molecule has 1 aliphatic heterocycles. The van der Waals surface area contributed by atoms with Gasteiger partial charge in [-0.2, -0.15) is 0 Å². The van der Waals surface area contributed by atoms with Crippen molar-refractivity contribution in [2.24, 2.45) is 5.92 Å². The molecule has 22 heavy (non-hydrogen) atoms. The first-order valence-electron chi connectivity index (χ1n) is 7.61. The van der Waals surface area contributed by atoms with E-state index in [2.05, 4.69) is 5.32 Å². The van der Waals surface area contributed by atoms with E-state index in [4.69, 9.17) is 0 Å². The van der Waals surface area contributed by atoms with Crippen LogP contribution in [0.3, 0.4) is 0 Å². The molecular weight excluding hydrogens is 310 g/mol. The molecule has 122 valence electrons. The van der Waals surface area contributed by atoms with Crippen molar-refractivity contribution in [2.75, 3.05) is 19.6 Å². The van der Waals surface area contributed by atoms with E-state index in [0.29, 0.717) is 19.1 Å². The Bertz CT molecular complexity index is 529. The number of benzene rings is 1. The topological polar surface area (TPSA) is 32.3 Å². The molecule has 1 aromatic carbocycles. The molecule has 1 aromatic rings. The van der Waals surface area contributed by atoms with Gasteiger partial charge in [0.25, 0.3) is 5.91 Å². The summed E-state index contributed by atoms with van der Waals surface area (Å²) in [4.78, 5) is 13.9. The third kappa shape index (κ3) is 4.17. The first kappa shape index (κ1) is 17.2. The van der Waals surface area contributed by atoms with E-state index in [1.807, 2.05) is 0 Å². The minimum absolute atomic E-state index is 0. The monoisotopic (exact) mass is 330 g/mol. The van der Waals surface area contributed by atoms with Gasteiger partial charge in [-0.3, -0.25) is 4.79 Å². The fourth-order valence-electron chi connectivity index (χ4n) is 2.77. The van der Waals surface area contributed by atoms with Gasteiger partial charge in [-0.25, -0.2) is 8.78 Å². The maximum atomic E-state index is 13.6. The molecule has 2 aliphatic rings. The van der Waals surface area contributed by atoms with Gasteiger partial charge in [0, 0.05) is 19.1 Å². The van der Waals surface area contributed by atoms with Crippen molar-refractivity contribution in [3.05, 3.63) is 35.4 Å². The summed E-state index contributed by atoms with van der Waals surface area (Å²) in [6, 6.07) is 3.45. The predicted molar refractivity (Wildman–Crippen MR) is 83.3 cm³/mol. The van der Waals surface area contributed by atoms with Crippen LogP contribution in [0.1, 0.15) is 36.0 Å². The van der Waals surface area contributed by atoms with Crippen molar-refractivity contribution in [1.29, 1.82) is 0 Å². The third-order valence-electron chi connectivity index (χ3n) is 4.33. The maximum Gasteiger partial charge on any atom is 0.256 e. The van der Waals surface area contributed by atoms with Crippen LogP contribution in [0, 0.1) is 17.6 Å². The lowest BCUT2D eigenvalue weighted by Gasteiger charge is -2.32. The van der Waals surface area contributed by atoms with Crippen molar-refractivity contribution in [2.45, 2.75) is 31.7 Å². The molecule has 0 radical (unpaired) electrons. The molecular formula is C16H21ClF2N2O. The number of carbonyl (C=O) groups is 1. The van der Waals surface area contributed by atoms with Gasteiger partial charge in [-0.15, -0.1) is 12.4 Å². The molecule has 1 saturated carbocycles. The number of halogens is 3. The Hall–Kier alpha value is -1.20. The van der Waals surface area contributed by atoms with Crippen molar-refractivity contribution >= 4 is 18.3 Å². The average Bonchev–Trinajstić information content (AvgIpc) is 3.32. The molecule has 3 rings (SSSR count). The van der Waals surface area contributed by atoms with Gasteiger partial charge in [0.2, 0.25) is 0 Å². The number of piperidine rings is 1. The Labute approximate surface area is 135 Å². The smallest absolute Gasteiger partial charge is 0.256 e.